The van der Waals surface area contributed by atoms with Gasteiger partial charge in [-0.15, -0.1) is 0 Å². The Morgan fingerprint density at radius 3 is 2.96 bits per heavy atom. The third kappa shape index (κ3) is 2.42. The minimum Gasteiger partial charge on any atom is -0.469 e. The first-order valence-electron chi connectivity index (χ1n) is 8.42. The van der Waals surface area contributed by atoms with E-state index in [2.05, 4.69) is 31.3 Å². The van der Waals surface area contributed by atoms with Crippen LogP contribution in [-0.2, 0) is 4.79 Å². The van der Waals surface area contributed by atoms with Crippen molar-refractivity contribution in [3.63, 3.8) is 0 Å². The first-order chi connectivity index (χ1) is 12.7. The van der Waals surface area contributed by atoms with Gasteiger partial charge in [-0.05, 0) is 36.2 Å². The molecule has 130 valence electrons. The van der Waals surface area contributed by atoms with E-state index in [1.807, 2.05) is 36.4 Å². The molecule has 7 heteroatoms. The summed E-state index contributed by atoms with van der Waals surface area (Å²) in [7, 11) is 0. The van der Waals surface area contributed by atoms with Crippen molar-refractivity contribution in [2.24, 2.45) is 0 Å². The summed E-state index contributed by atoms with van der Waals surface area (Å²) in [5.41, 5.74) is 2.68. The number of furan rings is 1. The van der Waals surface area contributed by atoms with E-state index in [1.165, 1.54) is 6.33 Å². The lowest BCUT2D eigenvalue weighted by molar-refractivity contribution is -0.117. The number of nitrogens with one attached hydrogen (secondary N) is 1. The van der Waals surface area contributed by atoms with Crippen LogP contribution in [0.2, 0.25) is 0 Å². The average Bonchev–Trinajstić information content (AvgIpc) is 3.31. The number of Topliss-reactive ketones (excluding diaryl/α,β-unsaturated/α-hetero) is 1. The monoisotopic (exact) mass is 410 g/mol. The molecule has 0 spiro atoms. The molecule has 0 bridgehead atoms. The van der Waals surface area contributed by atoms with Gasteiger partial charge in [0.05, 0.1) is 6.26 Å². The number of rotatable bonds is 2. The van der Waals surface area contributed by atoms with E-state index in [1.54, 1.807) is 10.9 Å². The number of fused-ring (bicyclic) bond motifs is 1. The number of benzene rings is 1. The maximum atomic E-state index is 13.1. The Labute approximate surface area is 158 Å². The van der Waals surface area contributed by atoms with E-state index in [4.69, 9.17) is 4.42 Å². The largest absolute Gasteiger partial charge is 0.469 e. The molecule has 26 heavy (non-hydrogen) atoms. The molecule has 3 heterocycles. The summed E-state index contributed by atoms with van der Waals surface area (Å²) < 4.78 is 8.29. The van der Waals surface area contributed by atoms with Gasteiger partial charge in [0, 0.05) is 28.1 Å². The second-order valence-corrected chi connectivity index (χ2v) is 7.46. The second-order valence-electron chi connectivity index (χ2n) is 6.55. The highest BCUT2D eigenvalue weighted by atomic mass is 79.9. The molecule has 0 saturated carbocycles. The second kappa shape index (κ2) is 5.95. The number of hydrogen-bond acceptors (Lipinski definition) is 5. The predicted molar refractivity (Wildman–Crippen MR) is 98.6 cm³/mol. The van der Waals surface area contributed by atoms with Crippen molar-refractivity contribution in [3.8, 4) is 0 Å². The summed E-state index contributed by atoms with van der Waals surface area (Å²) in [5, 5.41) is 7.67. The molecule has 0 amide bonds. The summed E-state index contributed by atoms with van der Waals surface area (Å²) in [6, 6.07) is 11.5. The molecule has 1 N–H and O–H groups in total. The SMILES string of the molecule is O=C1C[C@@H](c2ccco2)CC2=C1[C@H](c1cccc(Br)c1)n1ncnc1N2. The molecule has 0 unspecified atom stereocenters. The number of nitrogens with zero attached hydrogens (tertiary/aromatic N) is 3. The van der Waals surface area contributed by atoms with Crippen LogP contribution in [0.3, 0.4) is 0 Å². The van der Waals surface area contributed by atoms with Gasteiger partial charge in [-0.3, -0.25) is 4.79 Å². The molecule has 2 atom stereocenters. The van der Waals surface area contributed by atoms with Gasteiger partial charge < -0.3 is 9.73 Å². The standard InChI is InChI=1S/C19H15BrN4O2/c20-13-4-1-3-11(7-13)18-17-14(23-19-21-10-22-24(18)19)8-12(9-15(17)25)16-5-2-6-26-16/h1-7,10,12,18H,8-9H2,(H,21,22,23)/t12-,18-/m0/s1. The Kier molecular flexibility index (Phi) is 3.56. The van der Waals surface area contributed by atoms with Crippen LogP contribution in [0.5, 0.6) is 0 Å². The minimum absolute atomic E-state index is 0.0429. The number of allylic oxidation sites excluding steroid dienone is 2. The predicted octanol–water partition coefficient (Wildman–Crippen LogP) is 4.05. The summed E-state index contributed by atoms with van der Waals surface area (Å²) in [4.78, 5) is 17.4. The summed E-state index contributed by atoms with van der Waals surface area (Å²) in [6.45, 7) is 0. The molecule has 2 aromatic heterocycles. The number of halogens is 1. The molecule has 5 rings (SSSR count). The smallest absolute Gasteiger partial charge is 0.226 e. The summed E-state index contributed by atoms with van der Waals surface area (Å²) >= 11 is 3.52. The highest BCUT2D eigenvalue weighted by Crippen LogP contribution is 2.44. The van der Waals surface area contributed by atoms with Crippen LogP contribution in [0.4, 0.5) is 5.95 Å². The van der Waals surface area contributed by atoms with Gasteiger partial charge in [0.15, 0.2) is 5.78 Å². The number of ketones is 1. The average molecular weight is 411 g/mol. The van der Waals surface area contributed by atoms with Gasteiger partial charge in [-0.25, -0.2) is 4.68 Å². The van der Waals surface area contributed by atoms with Crippen LogP contribution < -0.4 is 5.32 Å². The van der Waals surface area contributed by atoms with Gasteiger partial charge >= 0.3 is 0 Å². The zero-order valence-corrected chi connectivity index (χ0v) is 15.3. The van der Waals surface area contributed by atoms with Crippen molar-refractivity contribution in [1.82, 2.24) is 14.8 Å². The lowest BCUT2D eigenvalue weighted by Crippen LogP contribution is -2.33. The van der Waals surface area contributed by atoms with Gasteiger partial charge in [-0.1, -0.05) is 28.1 Å². The Morgan fingerprint density at radius 1 is 1.23 bits per heavy atom. The van der Waals surface area contributed by atoms with E-state index in [0.717, 1.165) is 27.1 Å². The van der Waals surface area contributed by atoms with Crippen molar-refractivity contribution >= 4 is 27.7 Å². The third-order valence-electron chi connectivity index (χ3n) is 4.97. The Morgan fingerprint density at radius 2 is 2.15 bits per heavy atom. The number of carbonyl (C=O) groups is 1. The molecule has 3 aromatic rings. The van der Waals surface area contributed by atoms with Crippen molar-refractivity contribution in [1.29, 1.82) is 0 Å². The fourth-order valence-corrected chi connectivity index (χ4v) is 4.28. The van der Waals surface area contributed by atoms with E-state index in [0.29, 0.717) is 18.8 Å². The Balaban J connectivity index is 1.63. The molecule has 1 aliphatic carbocycles. The van der Waals surface area contributed by atoms with Crippen molar-refractivity contribution in [3.05, 3.63) is 76.1 Å². The molecule has 1 aromatic carbocycles. The quantitative estimate of drug-likeness (QED) is 0.689. The van der Waals surface area contributed by atoms with E-state index in [-0.39, 0.29) is 17.7 Å². The topological polar surface area (TPSA) is 73.0 Å². The maximum absolute atomic E-state index is 13.1. The number of hydrogen-bond donors (Lipinski definition) is 1. The molecule has 6 nitrogen and oxygen atoms in total. The zero-order valence-electron chi connectivity index (χ0n) is 13.7. The van der Waals surface area contributed by atoms with Gasteiger partial charge in [-0.2, -0.15) is 10.1 Å². The van der Waals surface area contributed by atoms with E-state index in [9.17, 15) is 4.79 Å². The first kappa shape index (κ1) is 15.6. The lowest BCUT2D eigenvalue weighted by atomic mass is 9.79. The normalized spacial score (nSPS) is 22.0. The Bertz CT molecular complexity index is 1020. The van der Waals surface area contributed by atoms with Gasteiger partial charge in [0.1, 0.15) is 18.1 Å². The summed E-state index contributed by atoms with van der Waals surface area (Å²) in [5.74, 6) is 1.66. The zero-order chi connectivity index (χ0) is 17.7. The highest BCUT2D eigenvalue weighted by Gasteiger charge is 2.39. The molecule has 1 aliphatic heterocycles. The van der Waals surface area contributed by atoms with Crippen LogP contribution in [0.1, 0.15) is 36.1 Å². The minimum atomic E-state index is -0.272. The van der Waals surface area contributed by atoms with E-state index < -0.39 is 0 Å². The van der Waals surface area contributed by atoms with Crippen LogP contribution >= 0.6 is 15.9 Å². The number of carbonyl (C=O) groups excluding carboxylic acids is 1. The Hall–Kier alpha value is -2.67. The van der Waals surface area contributed by atoms with Crippen molar-refractivity contribution in [2.75, 3.05) is 5.32 Å². The van der Waals surface area contributed by atoms with Crippen molar-refractivity contribution < 1.29 is 9.21 Å². The molecule has 0 radical (unpaired) electrons. The van der Waals surface area contributed by atoms with Crippen molar-refractivity contribution in [2.45, 2.75) is 24.8 Å². The first-order valence-corrected chi connectivity index (χ1v) is 9.21. The summed E-state index contributed by atoms with van der Waals surface area (Å²) in [6.07, 6.45) is 4.31. The molecule has 2 aliphatic rings. The number of anilines is 1. The van der Waals surface area contributed by atoms with Gasteiger partial charge in [0.25, 0.3) is 0 Å². The molecule has 0 fully saturated rings. The van der Waals surface area contributed by atoms with Crippen LogP contribution in [0.15, 0.2) is 69.1 Å². The maximum Gasteiger partial charge on any atom is 0.226 e. The van der Waals surface area contributed by atoms with Crippen LogP contribution in [0.25, 0.3) is 0 Å². The van der Waals surface area contributed by atoms with E-state index >= 15 is 0 Å². The lowest BCUT2D eigenvalue weighted by Gasteiger charge is -2.34. The third-order valence-corrected chi connectivity index (χ3v) is 5.46. The fraction of sp³-hybridized carbons (Fsp3) is 0.211. The molecular formula is C19H15BrN4O2. The molecule has 0 saturated heterocycles. The van der Waals surface area contributed by atoms with Gasteiger partial charge in [0.2, 0.25) is 5.95 Å². The number of aromatic nitrogens is 3. The fourth-order valence-electron chi connectivity index (χ4n) is 3.86. The molecular weight excluding hydrogens is 396 g/mol. The van der Waals surface area contributed by atoms with Crippen LogP contribution in [-0.4, -0.2) is 20.5 Å². The highest BCUT2D eigenvalue weighted by molar-refractivity contribution is 9.10. The van der Waals surface area contributed by atoms with Crippen LogP contribution in [0, 0.1) is 0 Å².